The van der Waals surface area contributed by atoms with Gasteiger partial charge in [-0.1, -0.05) is 30.3 Å². The van der Waals surface area contributed by atoms with Crippen molar-refractivity contribution in [2.45, 2.75) is 51.2 Å². The number of anilines is 1. The summed E-state index contributed by atoms with van der Waals surface area (Å²) in [6.07, 6.45) is 11.2. The third-order valence-electron chi connectivity index (χ3n) is 6.71. The minimum atomic E-state index is 0.534. The normalized spacial score (nSPS) is 22.0. The zero-order chi connectivity index (χ0) is 21.3. The Morgan fingerprint density at radius 2 is 1.94 bits per heavy atom. The van der Waals surface area contributed by atoms with Crippen molar-refractivity contribution < 1.29 is 9.47 Å². The Balaban J connectivity index is 1.20. The van der Waals surface area contributed by atoms with Gasteiger partial charge in [-0.05, 0) is 56.6 Å². The van der Waals surface area contributed by atoms with Crippen molar-refractivity contribution in [3.63, 3.8) is 0 Å². The van der Waals surface area contributed by atoms with Gasteiger partial charge in [-0.3, -0.25) is 4.98 Å². The third kappa shape index (κ3) is 6.72. The Kier molecular flexibility index (Phi) is 8.25. The molecule has 1 aromatic carbocycles. The molecule has 0 spiro atoms. The first-order chi connectivity index (χ1) is 15.3. The smallest absolute Gasteiger partial charge is 0.185 e. The largest absolute Gasteiger partial charge is 0.490 e. The van der Waals surface area contributed by atoms with Crippen LogP contribution in [0, 0.1) is 5.92 Å². The highest BCUT2D eigenvalue weighted by molar-refractivity contribution is 6.04. The molecule has 0 amide bonds. The van der Waals surface area contributed by atoms with Crippen LogP contribution in [0.15, 0.2) is 48.8 Å². The minimum absolute atomic E-state index is 0.534. The van der Waals surface area contributed by atoms with Gasteiger partial charge in [0, 0.05) is 31.8 Å². The number of rotatable bonds is 10. The molecule has 0 saturated carbocycles. The Morgan fingerprint density at radius 1 is 1.06 bits per heavy atom. The van der Waals surface area contributed by atoms with E-state index in [9.17, 15) is 0 Å². The van der Waals surface area contributed by atoms with E-state index in [-0.39, 0.29) is 0 Å². The number of piperidine rings is 1. The summed E-state index contributed by atoms with van der Waals surface area (Å²) in [5.74, 6) is 1.63. The van der Waals surface area contributed by atoms with Crippen LogP contribution in [0.4, 0.5) is 5.69 Å². The lowest BCUT2D eigenvalue weighted by atomic mass is 9.93. The summed E-state index contributed by atoms with van der Waals surface area (Å²) in [5.41, 5.74) is 2.45. The van der Waals surface area contributed by atoms with Crippen LogP contribution in [-0.4, -0.2) is 56.7 Å². The molecule has 5 nitrogen and oxygen atoms in total. The van der Waals surface area contributed by atoms with Gasteiger partial charge in [-0.2, -0.15) is 0 Å². The summed E-state index contributed by atoms with van der Waals surface area (Å²) >= 11 is 0. The highest BCUT2D eigenvalue weighted by atomic mass is 16.5. The fourth-order valence-electron chi connectivity index (χ4n) is 4.82. The van der Waals surface area contributed by atoms with E-state index in [4.69, 9.17) is 9.47 Å². The first kappa shape index (κ1) is 22.2. The Hall–Kier alpha value is -2.05. The summed E-state index contributed by atoms with van der Waals surface area (Å²) in [7, 11) is 2.19. The quantitative estimate of drug-likeness (QED) is 0.432. The van der Waals surface area contributed by atoms with Gasteiger partial charge < -0.3 is 19.2 Å². The molecule has 0 unspecified atom stereocenters. The van der Waals surface area contributed by atoms with E-state index in [0.717, 1.165) is 44.4 Å². The van der Waals surface area contributed by atoms with E-state index in [2.05, 4.69) is 53.0 Å². The first-order valence-electron chi connectivity index (χ1n) is 11.9. The molecule has 4 rings (SSSR count). The van der Waals surface area contributed by atoms with Gasteiger partial charge >= 0.3 is 0 Å². The molecule has 2 aliphatic heterocycles. The van der Waals surface area contributed by atoms with Crippen molar-refractivity contribution >= 4 is 13.7 Å². The maximum absolute atomic E-state index is 6.10. The van der Waals surface area contributed by atoms with Crippen LogP contribution in [0.3, 0.4) is 0 Å². The standard InChI is InChI=1S/C25H36BN3O2/c26-29-13-5-11-23(29)20-31-25-15-24(16-27-17-25)28-12-4-9-21(18-28)10-6-14-30-19-22-7-2-1-3-8-22/h1-3,7-8,15-17,21,23H,4-6,9-14,18-20,26H2/t21-,23-/m0/s1. The Labute approximate surface area is 188 Å². The van der Waals surface area contributed by atoms with Crippen LogP contribution in [0.25, 0.3) is 0 Å². The fourth-order valence-corrected chi connectivity index (χ4v) is 4.82. The van der Waals surface area contributed by atoms with Crippen molar-refractivity contribution in [2.24, 2.45) is 5.92 Å². The van der Waals surface area contributed by atoms with Crippen LogP contribution in [0.1, 0.15) is 44.1 Å². The van der Waals surface area contributed by atoms with Gasteiger partial charge in [0.05, 0.1) is 24.7 Å². The average Bonchev–Trinajstić information content (AvgIpc) is 3.23. The highest BCUT2D eigenvalue weighted by Crippen LogP contribution is 2.28. The molecule has 31 heavy (non-hydrogen) atoms. The Bertz CT molecular complexity index is 791. The zero-order valence-corrected chi connectivity index (χ0v) is 18.9. The van der Waals surface area contributed by atoms with E-state index >= 15 is 0 Å². The molecule has 166 valence electrons. The van der Waals surface area contributed by atoms with Gasteiger partial charge in [0.2, 0.25) is 0 Å². The fraction of sp³-hybridized carbons (Fsp3) is 0.560. The number of hydrogen-bond acceptors (Lipinski definition) is 5. The van der Waals surface area contributed by atoms with E-state index in [1.165, 1.54) is 49.9 Å². The molecule has 2 saturated heterocycles. The van der Waals surface area contributed by atoms with Gasteiger partial charge in [0.1, 0.15) is 12.4 Å². The van der Waals surface area contributed by atoms with Gasteiger partial charge in [-0.25, -0.2) is 0 Å². The van der Waals surface area contributed by atoms with Crippen molar-refractivity contribution in [2.75, 3.05) is 37.7 Å². The second-order valence-corrected chi connectivity index (χ2v) is 9.10. The third-order valence-corrected chi connectivity index (χ3v) is 6.71. The summed E-state index contributed by atoms with van der Waals surface area (Å²) in [5, 5.41) is 0. The predicted octanol–water partition coefficient (Wildman–Crippen LogP) is 3.69. The zero-order valence-electron chi connectivity index (χ0n) is 18.9. The summed E-state index contributed by atoms with van der Waals surface area (Å²) < 4.78 is 12.0. The highest BCUT2D eigenvalue weighted by Gasteiger charge is 2.22. The number of ether oxygens (including phenoxy) is 2. The molecular formula is C25H36BN3O2. The van der Waals surface area contributed by atoms with Crippen LogP contribution in [-0.2, 0) is 11.3 Å². The molecule has 0 N–H and O–H groups in total. The van der Waals surface area contributed by atoms with Crippen molar-refractivity contribution in [1.82, 2.24) is 9.79 Å². The number of nitrogens with zero attached hydrogens (tertiary/aromatic N) is 3. The van der Waals surface area contributed by atoms with E-state index in [1.54, 1.807) is 0 Å². The summed E-state index contributed by atoms with van der Waals surface area (Å²) in [6.45, 7) is 5.71. The van der Waals surface area contributed by atoms with Crippen molar-refractivity contribution in [1.29, 1.82) is 0 Å². The van der Waals surface area contributed by atoms with Crippen LogP contribution >= 0.6 is 0 Å². The monoisotopic (exact) mass is 421 g/mol. The van der Waals surface area contributed by atoms with Crippen LogP contribution < -0.4 is 9.64 Å². The lowest BCUT2D eigenvalue weighted by Gasteiger charge is -2.34. The molecule has 0 radical (unpaired) electrons. The first-order valence-corrected chi connectivity index (χ1v) is 11.9. The number of aromatic nitrogens is 1. The van der Waals surface area contributed by atoms with Gasteiger partial charge in [0.15, 0.2) is 7.98 Å². The van der Waals surface area contributed by atoms with Gasteiger partial charge in [-0.15, -0.1) is 0 Å². The predicted molar refractivity (Wildman–Crippen MR) is 128 cm³/mol. The molecule has 0 aliphatic carbocycles. The molecule has 3 heterocycles. The molecule has 1 aromatic heterocycles. The molecular weight excluding hydrogens is 385 g/mol. The topological polar surface area (TPSA) is 37.8 Å². The van der Waals surface area contributed by atoms with Crippen LogP contribution in [0.2, 0.25) is 0 Å². The molecule has 0 bridgehead atoms. The molecule has 2 fully saturated rings. The number of pyridine rings is 1. The number of hydrogen-bond donors (Lipinski definition) is 0. The number of benzene rings is 1. The SMILES string of the molecule is BN1CCC[C@H]1COc1cncc(N2CCC[C@@H](CCCOCc3ccccc3)C2)c1. The van der Waals surface area contributed by atoms with Crippen molar-refractivity contribution in [3.05, 3.63) is 54.4 Å². The maximum atomic E-state index is 6.10. The molecule has 2 aliphatic rings. The van der Waals surface area contributed by atoms with E-state index in [1.807, 2.05) is 18.5 Å². The summed E-state index contributed by atoms with van der Waals surface area (Å²) in [4.78, 5) is 9.35. The lowest BCUT2D eigenvalue weighted by Crippen LogP contribution is -2.35. The Morgan fingerprint density at radius 3 is 2.77 bits per heavy atom. The molecule has 6 heteroatoms. The minimum Gasteiger partial charge on any atom is -0.490 e. The second-order valence-electron chi connectivity index (χ2n) is 9.10. The maximum Gasteiger partial charge on any atom is 0.185 e. The van der Waals surface area contributed by atoms with Gasteiger partial charge in [0.25, 0.3) is 0 Å². The molecule has 2 aromatic rings. The van der Waals surface area contributed by atoms with E-state index in [0.29, 0.717) is 12.6 Å². The van der Waals surface area contributed by atoms with Crippen LogP contribution in [0.5, 0.6) is 5.75 Å². The van der Waals surface area contributed by atoms with E-state index < -0.39 is 0 Å². The average molecular weight is 421 g/mol. The molecule has 2 atom stereocenters. The summed E-state index contributed by atoms with van der Waals surface area (Å²) in [6, 6.07) is 13.1. The lowest BCUT2D eigenvalue weighted by molar-refractivity contribution is 0.113. The second kappa shape index (κ2) is 11.5. The van der Waals surface area contributed by atoms with Crippen molar-refractivity contribution in [3.8, 4) is 5.75 Å².